The average molecular weight is 441 g/mol. The molecule has 6 rings (SSSR count). The van der Waals surface area contributed by atoms with E-state index in [1.807, 2.05) is 19.1 Å². The molecule has 2 atom stereocenters. The molecule has 2 amide bonds. The summed E-state index contributed by atoms with van der Waals surface area (Å²) in [7, 11) is 0. The molecule has 0 aromatic carbocycles. The zero-order valence-corrected chi connectivity index (χ0v) is 18.1. The number of halogens is 1. The van der Waals surface area contributed by atoms with Crippen molar-refractivity contribution in [1.29, 1.82) is 0 Å². The standard InChI is InChI=1S/C23H25ClN4O3/c1-14-4-2-5-17(25-14)20(29)27-22-9-15-8-16(10-22)12-23(11-15,13-22)28-21(30)31-19-7-3-6-18(24)26-19/h2-7,15-16H,8-13H2,1H3,(H,27,29)(H,28,30). The zero-order valence-electron chi connectivity index (χ0n) is 17.4. The molecule has 4 aliphatic carbocycles. The summed E-state index contributed by atoms with van der Waals surface area (Å²) in [6.07, 6.45) is 5.00. The highest BCUT2D eigenvalue weighted by Crippen LogP contribution is 2.57. The normalized spacial score (nSPS) is 30.6. The van der Waals surface area contributed by atoms with Gasteiger partial charge in [-0.15, -0.1) is 0 Å². The van der Waals surface area contributed by atoms with Gasteiger partial charge in [0.2, 0.25) is 5.88 Å². The second-order valence-electron chi connectivity index (χ2n) is 9.45. The number of hydrogen-bond donors (Lipinski definition) is 2. The second kappa shape index (κ2) is 7.48. The Morgan fingerprint density at radius 2 is 1.68 bits per heavy atom. The molecule has 2 unspecified atom stereocenters. The number of rotatable bonds is 4. The van der Waals surface area contributed by atoms with Crippen molar-refractivity contribution in [3.05, 3.63) is 52.9 Å². The average Bonchev–Trinajstić information content (AvgIpc) is 2.66. The van der Waals surface area contributed by atoms with Crippen LogP contribution in [-0.4, -0.2) is 33.0 Å². The fraction of sp³-hybridized carbons (Fsp3) is 0.478. The molecule has 162 valence electrons. The number of hydrogen-bond acceptors (Lipinski definition) is 5. The largest absolute Gasteiger partial charge is 0.414 e. The van der Waals surface area contributed by atoms with E-state index < -0.39 is 6.09 Å². The summed E-state index contributed by atoms with van der Waals surface area (Å²) in [5.74, 6) is 0.961. The van der Waals surface area contributed by atoms with Crippen LogP contribution in [-0.2, 0) is 0 Å². The maximum atomic E-state index is 13.0. The molecule has 2 heterocycles. The highest BCUT2D eigenvalue weighted by molar-refractivity contribution is 6.29. The van der Waals surface area contributed by atoms with Crippen LogP contribution in [0.5, 0.6) is 5.88 Å². The van der Waals surface area contributed by atoms with E-state index in [1.165, 1.54) is 0 Å². The predicted octanol–water partition coefficient (Wildman–Crippen LogP) is 4.05. The Labute approximate surface area is 185 Å². The molecule has 2 aromatic rings. The van der Waals surface area contributed by atoms with Crippen LogP contribution in [0.3, 0.4) is 0 Å². The van der Waals surface area contributed by atoms with Gasteiger partial charge in [0, 0.05) is 22.8 Å². The van der Waals surface area contributed by atoms with Crippen LogP contribution < -0.4 is 15.4 Å². The van der Waals surface area contributed by atoms with Crippen LogP contribution in [0.25, 0.3) is 0 Å². The first-order chi connectivity index (χ1) is 14.8. The summed E-state index contributed by atoms with van der Waals surface area (Å²) in [6.45, 7) is 1.88. The third-order valence-corrected chi connectivity index (χ3v) is 7.03. The highest BCUT2D eigenvalue weighted by Gasteiger charge is 2.59. The van der Waals surface area contributed by atoms with Crippen LogP contribution in [0.15, 0.2) is 36.4 Å². The van der Waals surface area contributed by atoms with Crippen molar-refractivity contribution < 1.29 is 14.3 Å². The van der Waals surface area contributed by atoms with E-state index in [9.17, 15) is 9.59 Å². The van der Waals surface area contributed by atoms with E-state index in [4.69, 9.17) is 16.3 Å². The van der Waals surface area contributed by atoms with Gasteiger partial charge >= 0.3 is 6.09 Å². The lowest BCUT2D eigenvalue weighted by molar-refractivity contribution is -0.0450. The zero-order chi connectivity index (χ0) is 21.6. The fourth-order valence-corrected chi connectivity index (χ4v) is 6.47. The van der Waals surface area contributed by atoms with Gasteiger partial charge in [0.1, 0.15) is 10.8 Å². The first kappa shape index (κ1) is 20.2. The first-order valence-electron chi connectivity index (χ1n) is 10.7. The third-order valence-electron chi connectivity index (χ3n) is 6.81. The van der Waals surface area contributed by atoms with Crippen molar-refractivity contribution in [1.82, 2.24) is 20.6 Å². The van der Waals surface area contributed by atoms with E-state index >= 15 is 0 Å². The second-order valence-corrected chi connectivity index (χ2v) is 9.84. The van der Waals surface area contributed by atoms with Crippen molar-refractivity contribution in [2.45, 2.75) is 56.5 Å². The number of pyridine rings is 2. The number of nitrogens with one attached hydrogen (secondary N) is 2. The summed E-state index contributed by atoms with van der Waals surface area (Å²) in [4.78, 5) is 34.0. The monoisotopic (exact) mass is 440 g/mol. The van der Waals surface area contributed by atoms with Crippen LogP contribution >= 0.6 is 11.6 Å². The molecule has 4 fully saturated rings. The van der Waals surface area contributed by atoms with Gasteiger partial charge in [0.15, 0.2) is 0 Å². The van der Waals surface area contributed by atoms with E-state index in [2.05, 4.69) is 20.6 Å². The SMILES string of the molecule is Cc1cccc(C(=O)NC23CC4CC(CC(NC(=O)Oc5cccc(Cl)n5)(C4)C2)C3)n1. The number of ether oxygens (including phenoxy) is 1. The lowest BCUT2D eigenvalue weighted by Crippen LogP contribution is -2.70. The van der Waals surface area contributed by atoms with Gasteiger partial charge in [-0.1, -0.05) is 23.7 Å². The van der Waals surface area contributed by atoms with Gasteiger partial charge in [-0.05, 0) is 75.5 Å². The summed E-state index contributed by atoms with van der Waals surface area (Å²) >= 11 is 5.89. The molecule has 7 nitrogen and oxygen atoms in total. The third kappa shape index (κ3) is 4.11. The first-order valence-corrected chi connectivity index (χ1v) is 11.1. The molecular weight excluding hydrogens is 416 g/mol. The van der Waals surface area contributed by atoms with Gasteiger partial charge < -0.3 is 15.4 Å². The summed E-state index contributed by atoms with van der Waals surface area (Å²) in [5.41, 5.74) is 0.541. The topological polar surface area (TPSA) is 93.2 Å². The van der Waals surface area contributed by atoms with E-state index in [-0.39, 0.29) is 28.0 Å². The minimum absolute atomic E-state index is 0.147. The molecule has 31 heavy (non-hydrogen) atoms. The lowest BCUT2D eigenvalue weighted by Gasteiger charge is -2.61. The molecule has 0 spiro atoms. The highest BCUT2D eigenvalue weighted by atomic mass is 35.5. The van der Waals surface area contributed by atoms with Crippen LogP contribution in [0.4, 0.5) is 4.79 Å². The predicted molar refractivity (Wildman–Crippen MR) is 115 cm³/mol. The molecule has 4 saturated carbocycles. The Morgan fingerprint density at radius 1 is 1.00 bits per heavy atom. The van der Waals surface area contributed by atoms with E-state index in [0.29, 0.717) is 24.0 Å². The Balaban J connectivity index is 1.32. The molecule has 0 saturated heterocycles. The van der Waals surface area contributed by atoms with Crippen LogP contribution in [0.1, 0.15) is 54.7 Å². The van der Waals surface area contributed by atoms with Crippen molar-refractivity contribution in [2.24, 2.45) is 11.8 Å². The van der Waals surface area contributed by atoms with Gasteiger partial charge in [-0.3, -0.25) is 4.79 Å². The van der Waals surface area contributed by atoms with Gasteiger partial charge in [-0.25, -0.2) is 14.8 Å². The quantitative estimate of drug-likeness (QED) is 0.699. The van der Waals surface area contributed by atoms with Crippen molar-refractivity contribution in [3.63, 3.8) is 0 Å². The van der Waals surface area contributed by atoms with Gasteiger partial charge in [-0.2, -0.15) is 0 Å². The Kier molecular flexibility index (Phi) is 4.88. The number of nitrogens with zero attached hydrogens (tertiary/aromatic N) is 2. The number of amides is 2. The van der Waals surface area contributed by atoms with E-state index in [0.717, 1.165) is 37.8 Å². The number of aryl methyl sites for hydroxylation is 1. The maximum Gasteiger partial charge on any atom is 0.414 e. The molecule has 2 aromatic heterocycles. The minimum atomic E-state index is -0.529. The summed E-state index contributed by atoms with van der Waals surface area (Å²) in [5, 5.41) is 6.70. The van der Waals surface area contributed by atoms with E-state index in [1.54, 1.807) is 24.3 Å². The van der Waals surface area contributed by atoms with Crippen molar-refractivity contribution >= 4 is 23.6 Å². The smallest absolute Gasteiger partial charge is 0.391 e. The molecule has 2 N–H and O–H groups in total. The Morgan fingerprint density at radius 3 is 2.35 bits per heavy atom. The van der Waals surface area contributed by atoms with Gasteiger partial charge in [0.05, 0.1) is 0 Å². The van der Waals surface area contributed by atoms with Crippen molar-refractivity contribution in [2.75, 3.05) is 0 Å². The number of carbonyl (C=O) groups excluding carboxylic acids is 2. The number of carbonyl (C=O) groups is 2. The molecule has 8 heteroatoms. The van der Waals surface area contributed by atoms with Gasteiger partial charge in [0.25, 0.3) is 5.91 Å². The molecule has 4 aliphatic rings. The molecule has 0 radical (unpaired) electrons. The maximum absolute atomic E-state index is 13.0. The summed E-state index contributed by atoms with van der Waals surface area (Å²) in [6, 6.07) is 10.4. The Hall–Kier alpha value is -2.67. The molecule has 0 aliphatic heterocycles. The number of aromatic nitrogens is 2. The molecular formula is C23H25ClN4O3. The van der Waals surface area contributed by atoms with Crippen LogP contribution in [0, 0.1) is 18.8 Å². The van der Waals surface area contributed by atoms with Crippen LogP contribution in [0.2, 0.25) is 5.15 Å². The fourth-order valence-electron chi connectivity index (χ4n) is 6.31. The minimum Gasteiger partial charge on any atom is -0.391 e. The summed E-state index contributed by atoms with van der Waals surface area (Å²) < 4.78 is 5.39. The molecule has 4 bridgehead atoms. The Bertz CT molecular complexity index is 1030. The lowest BCUT2D eigenvalue weighted by atomic mass is 9.50. The van der Waals surface area contributed by atoms with Crippen molar-refractivity contribution in [3.8, 4) is 5.88 Å².